The third kappa shape index (κ3) is 6.65. The van der Waals surface area contributed by atoms with Crippen LogP contribution in [-0.4, -0.2) is 5.78 Å². The van der Waals surface area contributed by atoms with E-state index in [1.54, 1.807) is 0 Å². The van der Waals surface area contributed by atoms with Gasteiger partial charge < -0.3 is 0 Å². The second-order valence-corrected chi connectivity index (χ2v) is 5.27. The van der Waals surface area contributed by atoms with Crippen LogP contribution in [0.2, 0.25) is 0 Å². The van der Waals surface area contributed by atoms with E-state index in [0.717, 1.165) is 31.3 Å². The van der Waals surface area contributed by atoms with Crippen LogP contribution in [0.3, 0.4) is 0 Å². The molecule has 0 radical (unpaired) electrons. The summed E-state index contributed by atoms with van der Waals surface area (Å²) in [6, 6.07) is 0. The second-order valence-electron chi connectivity index (χ2n) is 5.27. The zero-order valence-electron chi connectivity index (χ0n) is 11.5. The number of Topliss-reactive ketones (excluding diaryl/α,β-unsaturated/α-hetero) is 1. The molecule has 0 saturated heterocycles. The Kier molecular flexibility index (Phi) is 8.04. The maximum Gasteiger partial charge on any atom is 0.158 e. The Morgan fingerprint density at radius 1 is 1.00 bits per heavy atom. The topological polar surface area (TPSA) is 17.1 Å². The Morgan fingerprint density at radius 2 is 1.59 bits per heavy atom. The van der Waals surface area contributed by atoms with Gasteiger partial charge in [0.1, 0.15) is 0 Å². The number of carbonyl (C=O) groups is 1. The molecule has 0 heterocycles. The van der Waals surface area contributed by atoms with Crippen LogP contribution in [0.15, 0.2) is 11.6 Å². The van der Waals surface area contributed by atoms with Crippen LogP contribution in [0.1, 0.15) is 84.0 Å². The molecule has 1 nitrogen and oxygen atoms in total. The van der Waals surface area contributed by atoms with Gasteiger partial charge in [-0.3, -0.25) is 4.79 Å². The van der Waals surface area contributed by atoms with E-state index in [1.807, 2.05) is 0 Å². The normalized spacial score (nSPS) is 19.9. The van der Waals surface area contributed by atoms with Crippen molar-refractivity contribution >= 4 is 5.78 Å². The van der Waals surface area contributed by atoms with Crippen LogP contribution in [-0.2, 0) is 4.79 Å². The molecule has 1 aliphatic rings. The molecule has 98 valence electrons. The Labute approximate surface area is 107 Å². The summed E-state index contributed by atoms with van der Waals surface area (Å²) in [7, 11) is 0. The minimum Gasteiger partial charge on any atom is -0.295 e. The highest BCUT2D eigenvalue weighted by Gasteiger charge is 2.08. The third-order valence-electron chi connectivity index (χ3n) is 3.63. The van der Waals surface area contributed by atoms with Gasteiger partial charge in [0.15, 0.2) is 5.78 Å². The molecule has 0 unspecified atom stereocenters. The molecule has 0 saturated carbocycles. The molecule has 0 N–H and O–H groups in total. The van der Waals surface area contributed by atoms with Gasteiger partial charge in [-0.15, -0.1) is 0 Å². The van der Waals surface area contributed by atoms with Crippen LogP contribution in [0.25, 0.3) is 0 Å². The van der Waals surface area contributed by atoms with Crippen molar-refractivity contribution in [2.45, 2.75) is 84.0 Å². The number of hydrogen-bond donors (Lipinski definition) is 0. The second kappa shape index (κ2) is 9.44. The standard InChI is InChI=1S/C16H28O/c1-2-12-16(17)15-13-10-8-6-4-3-5-7-9-11-14-15/h13H,2-12,14H2,1H3. The van der Waals surface area contributed by atoms with Gasteiger partial charge in [0.05, 0.1) is 0 Å². The average molecular weight is 236 g/mol. The van der Waals surface area contributed by atoms with Crippen LogP contribution < -0.4 is 0 Å². The maximum absolute atomic E-state index is 11.9. The molecule has 0 aromatic rings. The quantitative estimate of drug-likeness (QED) is 0.658. The summed E-state index contributed by atoms with van der Waals surface area (Å²) in [4.78, 5) is 11.9. The number of rotatable bonds is 3. The minimum atomic E-state index is 0.407. The van der Waals surface area contributed by atoms with E-state index in [2.05, 4.69) is 13.0 Å². The molecule has 0 fully saturated rings. The lowest BCUT2D eigenvalue weighted by Gasteiger charge is -2.08. The summed E-state index contributed by atoms with van der Waals surface area (Å²) in [5, 5.41) is 0. The summed E-state index contributed by atoms with van der Waals surface area (Å²) in [5.74, 6) is 0.407. The lowest BCUT2D eigenvalue weighted by molar-refractivity contribution is -0.115. The van der Waals surface area contributed by atoms with Crippen LogP contribution in [0, 0.1) is 0 Å². The molecule has 17 heavy (non-hydrogen) atoms. The molecule has 1 heteroatoms. The van der Waals surface area contributed by atoms with E-state index in [4.69, 9.17) is 0 Å². The zero-order valence-corrected chi connectivity index (χ0v) is 11.5. The van der Waals surface area contributed by atoms with Gasteiger partial charge in [-0.1, -0.05) is 51.5 Å². The molecule has 0 bridgehead atoms. The van der Waals surface area contributed by atoms with Crippen molar-refractivity contribution in [3.8, 4) is 0 Å². The first-order valence-corrected chi connectivity index (χ1v) is 7.57. The highest BCUT2D eigenvalue weighted by molar-refractivity contribution is 5.95. The van der Waals surface area contributed by atoms with Crippen molar-refractivity contribution in [1.29, 1.82) is 0 Å². The lowest BCUT2D eigenvalue weighted by Crippen LogP contribution is -2.02. The predicted molar refractivity (Wildman–Crippen MR) is 74.2 cm³/mol. The average Bonchev–Trinajstić information content (AvgIpc) is 2.30. The maximum atomic E-state index is 11.9. The Hall–Kier alpha value is -0.590. The van der Waals surface area contributed by atoms with Gasteiger partial charge in [-0.2, -0.15) is 0 Å². The summed E-state index contributed by atoms with van der Waals surface area (Å²) in [6.45, 7) is 2.09. The molecule has 1 rings (SSSR count). The van der Waals surface area contributed by atoms with E-state index in [-0.39, 0.29) is 0 Å². The molecule has 0 aromatic carbocycles. The van der Waals surface area contributed by atoms with Crippen LogP contribution >= 0.6 is 0 Å². The molecular formula is C16H28O. The van der Waals surface area contributed by atoms with Crippen LogP contribution in [0.5, 0.6) is 0 Å². The summed E-state index contributed by atoms with van der Waals surface area (Å²) in [6.07, 6.45) is 16.8. The smallest absolute Gasteiger partial charge is 0.158 e. The molecular weight excluding hydrogens is 208 g/mol. The highest BCUT2D eigenvalue weighted by atomic mass is 16.1. The van der Waals surface area contributed by atoms with Gasteiger partial charge in [0, 0.05) is 6.42 Å². The monoisotopic (exact) mass is 236 g/mol. The van der Waals surface area contributed by atoms with Gasteiger partial charge >= 0.3 is 0 Å². The van der Waals surface area contributed by atoms with Crippen LogP contribution in [0.4, 0.5) is 0 Å². The Morgan fingerprint density at radius 3 is 2.24 bits per heavy atom. The first kappa shape index (κ1) is 14.5. The molecule has 0 aliphatic heterocycles. The number of carbonyl (C=O) groups excluding carboxylic acids is 1. The molecule has 1 aliphatic carbocycles. The number of allylic oxidation sites excluding steroid dienone is 2. The first-order chi connectivity index (χ1) is 8.34. The predicted octanol–water partition coefficient (Wildman–Crippen LogP) is 5.20. The van der Waals surface area contributed by atoms with Crippen molar-refractivity contribution in [3.05, 3.63) is 11.6 Å². The van der Waals surface area contributed by atoms with Crippen molar-refractivity contribution in [1.82, 2.24) is 0 Å². The highest BCUT2D eigenvalue weighted by Crippen LogP contribution is 2.18. The van der Waals surface area contributed by atoms with Gasteiger partial charge in [0.2, 0.25) is 0 Å². The van der Waals surface area contributed by atoms with E-state index >= 15 is 0 Å². The summed E-state index contributed by atoms with van der Waals surface area (Å²) in [5.41, 5.74) is 1.13. The first-order valence-electron chi connectivity index (χ1n) is 7.57. The van der Waals surface area contributed by atoms with Crippen molar-refractivity contribution in [2.24, 2.45) is 0 Å². The zero-order chi connectivity index (χ0) is 12.3. The molecule has 0 aromatic heterocycles. The van der Waals surface area contributed by atoms with E-state index in [1.165, 1.54) is 51.4 Å². The van der Waals surface area contributed by atoms with Crippen molar-refractivity contribution < 1.29 is 4.79 Å². The third-order valence-corrected chi connectivity index (χ3v) is 3.63. The molecule has 0 spiro atoms. The largest absolute Gasteiger partial charge is 0.295 e. The fourth-order valence-electron chi connectivity index (χ4n) is 2.54. The van der Waals surface area contributed by atoms with E-state index < -0.39 is 0 Å². The van der Waals surface area contributed by atoms with E-state index in [0.29, 0.717) is 5.78 Å². The number of hydrogen-bond acceptors (Lipinski definition) is 1. The van der Waals surface area contributed by atoms with E-state index in [9.17, 15) is 4.79 Å². The lowest BCUT2D eigenvalue weighted by atomic mass is 9.96. The van der Waals surface area contributed by atoms with Crippen molar-refractivity contribution in [3.63, 3.8) is 0 Å². The summed E-state index contributed by atoms with van der Waals surface area (Å²) >= 11 is 0. The van der Waals surface area contributed by atoms with Gasteiger partial charge in [-0.25, -0.2) is 0 Å². The fourth-order valence-corrected chi connectivity index (χ4v) is 2.54. The number of ketones is 1. The minimum absolute atomic E-state index is 0.407. The SMILES string of the molecule is CCCC(=O)C1=CCCCCCCCCCC1. The Balaban J connectivity index is 2.47. The van der Waals surface area contributed by atoms with Gasteiger partial charge in [-0.05, 0) is 37.7 Å². The van der Waals surface area contributed by atoms with Crippen molar-refractivity contribution in [2.75, 3.05) is 0 Å². The summed E-state index contributed by atoms with van der Waals surface area (Å²) < 4.78 is 0. The molecule has 0 atom stereocenters. The Bertz CT molecular complexity index is 240. The molecule has 0 amide bonds. The van der Waals surface area contributed by atoms with Gasteiger partial charge in [0.25, 0.3) is 0 Å². The fraction of sp³-hybridized carbons (Fsp3) is 0.812.